The van der Waals surface area contributed by atoms with Crippen LogP contribution in [0, 0.1) is 10.1 Å². The second-order valence-corrected chi connectivity index (χ2v) is 6.53. The van der Waals surface area contributed by atoms with Crippen LogP contribution in [0.3, 0.4) is 0 Å². The van der Waals surface area contributed by atoms with Gasteiger partial charge in [-0.1, -0.05) is 0 Å². The number of nitro groups is 1. The maximum atomic E-state index is 11.9. The minimum Gasteiger partial charge on any atom is -0.478 e. The zero-order valence-corrected chi connectivity index (χ0v) is 11.8. The second kappa shape index (κ2) is 5.35. The van der Waals surface area contributed by atoms with Crippen molar-refractivity contribution in [2.24, 2.45) is 5.14 Å². The Bertz CT molecular complexity index is 774. The normalized spacial score (nSPS) is 18.5. The topological polar surface area (TPSA) is 161 Å². The van der Waals surface area contributed by atoms with Crippen molar-refractivity contribution in [1.82, 2.24) is 0 Å². The van der Waals surface area contributed by atoms with Crippen LogP contribution in [0.4, 0.5) is 11.4 Å². The van der Waals surface area contributed by atoms with Gasteiger partial charge in [-0.25, -0.2) is 18.4 Å². The summed E-state index contributed by atoms with van der Waals surface area (Å²) in [6.45, 7) is -0.348. The van der Waals surface area contributed by atoms with E-state index in [0.717, 1.165) is 23.1 Å². The zero-order valence-electron chi connectivity index (χ0n) is 11.0. The molecule has 2 rings (SSSR count). The summed E-state index contributed by atoms with van der Waals surface area (Å²) in [4.78, 5) is 34.1. The van der Waals surface area contributed by atoms with E-state index in [0.29, 0.717) is 0 Å². The number of hydrogen-bond donors (Lipinski definition) is 2. The number of carbonyl (C=O) groups excluding carboxylic acids is 1. The fraction of sp³-hybridized carbons (Fsp3) is 0.273. The Morgan fingerprint density at radius 3 is 2.55 bits per heavy atom. The van der Waals surface area contributed by atoms with Gasteiger partial charge < -0.3 is 10.0 Å². The van der Waals surface area contributed by atoms with Gasteiger partial charge in [-0.2, -0.15) is 0 Å². The van der Waals surface area contributed by atoms with E-state index >= 15 is 0 Å². The Balaban J connectivity index is 2.51. The van der Waals surface area contributed by atoms with Gasteiger partial charge in [0.15, 0.2) is 0 Å². The number of nitrogens with zero attached hydrogens (tertiary/aromatic N) is 2. The lowest BCUT2D eigenvalue weighted by molar-refractivity contribution is -0.384. The van der Waals surface area contributed by atoms with Crippen LogP contribution in [-0.2, 0) is 14.8 Å². The van der Waals surface area contributed by atoms with Crippen LogP contribution in [-0.4, -0.2) is 42.1 Å². The van der Waals surface area contributed by atoms with Gasteiger partial charge in [0.25, 0.3) is 5.69 Å². The van der Waals surface area contributed by atoms with Crippen molar-refractivity contribution in [1.29, 1.82) is 0 Å². The van der Waals surface area contributed by atoms with E-state index in [9.17, 15) is 28.1 Å². The lowest BCUT2D eigenvalue weighted by atomic mass is 10.1. The van der Waals surface area contributed by atoms with Gasteiger partial charge in [-0.3, -0.25) is 14.9 Å². The number of carbonyl (C=O) groups is 2. The van der Waals surface area contributed by atoms with Crippen LogP contribution >= 0.6 is 0 Å². The van der Waals surface area contributed by atoms with E-state index < -0.39 is 44.2 Å². The number of non-ortho nitro benzene ring substituents is 1. The Kier molecular flexibility index (Phi) is 3.85. The van der Waals surface area contributed by atoms with E-state index in [2.05, 4.69) is 0 Å². The molecule has 0 saturated carbocycles. The van der Waals surface area contributed by atoms with Gasteiger partial charge in [-0.15, -0.1) is 0 Å². The minimum absolute atomic E-state index is 0.224. The summed E-state index contributed by atoms with van der Waals surface area (Å²) in [5.74, 6) is -2.06. The van der Waals surface area contributed by atoms with Crippen molar-refractivity contribution in [2.75, 3.05) is 11.4 Å². The highest BCUT2D eigenvalue weighted by Crippen LogP contribution is 2.31. The summed E-state index contributed by atoms with van der Waals surface area (Å²) in [7, 11) is -3.98. The highest BCUT2D eigenvalue weighted by atomic mass is 32.2. The summed E-state index contributed by atoms with van der Waals surface area (Å²) in [6, 6.07) is 2.91. The molecule has 1 aromatic rings. The SMILES string of the molecule is NS(=O)(=O)C1CC(=O)N(c2cc([N+](=O)[O-])ccc2C(=O)O)C1. The first-order valence-electron chi connectivity index (χ1n) is 5.95. The number of carboxylic acid groups (broad SMARTS) is 1. The van der Waals surface area contributed by atoms with Crippen molar-refractivity contribution in [3.05, 3.63) is 33.9 Å². The quantitative estimate of drug-likeness (QED) is 0.565. The molecule has 1 saturated heterocycles. The molecule has 10 nitrogen and oxygen atoms in total. The largest absolute Gasteiger partial charge is 0.478 e. The highest BCUT2D eigenvalue weighted by molar-refractivity contribution is 7.89. The molecule has 0 spiro atoms. The number of nitrogens with two attached hydrogens (primary N) is 1. The molecule has 1 atom stereocenters. The van der Waals surface area contributed by atoms with Crippen LogP contribution < -0.4 is 10.0 Å². The summed E-state index contributed by atoms with van der Waals surface area (Å²) in [5, 5.41) is 23.7. The average Bonchev–Trinajstić information content (AvgIpc) is 2.79. The third kappa shape index (κ3) is 2.89. The molecule has 1 aromatic carbocycles. The predicted octanol–water partition coefficient (Wildman–Crippen LogP) is -0.313. The van der Waals surface area contributed by atoms with E-state index in [1.54, 1.807) is 0 Å². The molecule has 1 amide bonds. The molecule has 1 heterocycles. The maximum absolute atomic E-state index is 11.9. The first kappa shape index (κ1) is 15.9. The van der Waals surface area contributed by atoms with Crippen LogP contribution in [0.15, 0.2) is 18.2 Å². The Hall–Kier alpha value is -2.53. The smallest absolute Gasteiger partial charge is 0.337 e. The standard InChI is InChI=1S/C11H11N3O7S/c12-22(20,21)7-4-10(15)13(5-7)9-3-6(14(18)19)1-2-8(9)11(16)17/h1-3,7H,4-5H2,(H,16,17)(H2,12,20,21). The number of hydrogen-bond acceptors (Lipinski definition) is 6. The molecule has 118 valence electrons. The number of carboxylic acids is 1. The molecule has 3 N–H and O–H groups in total. The molecule has 1 aliphatic rings. The predicted molar refractivity (Wildman–Crippen MR) is 73.9 cm³/mol. The number of amides is 1. The molecule has 0 aliphatic carbocycles. The van der Waals surface area contributed by atoms with E-state index in [1.807, 2.05) is 0 Å². The second-order valence-electron chi connectivity index (χ2n) is 4.68. The molecule has 1 fully saturated rings. The van der Waals surface area contributed by atoms with Gasteiger partial charge >= 0.3 is 5.97 Å². The van der Waals surface area contributed by atoms with Gasteiger partial charge in [0.05, 0.1) is 16.2 Å². The van der Waals surface area contributed by atoms with E-state index in [-0.39, 0.29) is 17.8 Å². The number of benzene rings is 1. The average molecular weight is 329 g/mol. The highest BCUT2D eigenvalue weighted by Gasteiger charge is 2.39. The summed E-state index contributed by atoms with van der Waals surface area (Å²) < 4.78 is 22.6. The number of aromatic carboxylic acids is 1. The lowest BCUT2D eigenvalue weighted by Crippen LogP contribution is -2.32. The van der Waals surface area contributed by atoms with Crippen molar-refractivity contribution in [2.45, 2.75) is 11.7 Å². The Morgan fingerprint density at radius 2 is 2.09 bits per heavy atom. The molecular formula is C11H11N3O7S. The minimum atomic E-state index is -3.98. The fourth-order valence-electron chi connectivity index (χ4n) is 2.17. The van der Waals surface area contributed by atoms with Crippen LogP contribution in [0.5, 0.6) is 0 Å². The molecule has 22 heavy (non-hydrogen) atoms. The Morgan fingerprint density at radius 1 is 1.45 bits per heavy atom. The first-order chi connectivity index (χ1) is 10.1. The number of nitro benzene ring substituents is 1. The van der Waals surface area contributed by atoms with Crippen molar-refractivity contribution >= 4 is 33.3 Å². The molecule has 0 bridgehead atoms. The van der Waals surface area contributed by atoms with E-state index in [1.165, 1.54) is 0 Å². The summed E-state index contributed by atoms with van der Waals surface area (Å²) in [5.41, 5.74) is -0.973. The van der Waals surface area contributed by atoms with Crippen molar-refractivity contribution < 1.29 is 28.0 Å². The summed E-state index contributed by atoms with van der Waals surface area (Å²) >= 11 is 0. The molecule has 11 heteroatoms. The van der Waals surface area contributed by atoms with Crippen molar-refractivity contribution in [3.63, 3.8) is 0 Å². The van der Waals surface area contributed by atoms with Crippen LogP contribution in [0.2, 0.25) is 0 Å². The van der Waals surface area contributed by atoms with Gasteiger partial charge in [-0.05, 0) is 6.07 Å². The molecular weight excluding hydrogens is 318 g/mol. The number of anilines is 1. The molecule has 1 aliphatic heterocycles. The first-order valence-corrected chi connectivity index (χ1v) is 7.56. The van der Waals surface area contributed by atoms with Crippen LogP contribution in [0.1, 0.15) is 16.8 Å². The number of rotatable bonds is 4. The van der Waals surface area contributed by atoms with E-state index in [4.69, 9.17) is 10.2 Å². The summed E-state index contributed by atoms with van der Waals surface area (Å²) in [6.07, 6.45) is -0.402. The van der Waals surface area contributed by atoms with Gasteiger partial charge in [0.1, 0.15) is 5.25 Å². The zero-order chi connectivity index (χ0) is 16.7. The fourth-order valence-corrected chi connectivity index (χ4v) is 2.90. The van der Waals surface area contributed by atoms with Gasteiger partial charge in [0.2, 0.25) is 15.9 Å². The third-order valence-electron chi connectivity index (χ3n) is 3.27. The lowest BCUT2D eigenvalue weighted by Gasteiger charge is -2.18. The number of primary sulfonamides is 1. The monoisotopic (exact) mass is 329 g/mol. The molecule has 0 radical (unpaired) electrons. The molecule has 1 unspecified atom stereocenters. The third-order valence-corrected chi connectivity index (χ3v) is 4.51. The Labute approximate surface area is 124 Å². The maximum Gasteiger partial charge on any atom is 0.337 e. The number of sulfonamides is 1. The van der Waals surface area contributed by atoms with Crippen LogP contribution in [0.25, 0.3) is 0 Å². The van der Waals surface area contributed by atoms with Crippen molar-refractivity contribution in [3.8, 4) is 0 Å². The van der Waals surface area contributed by atoms with Gasteiger partial charge in [0, 0.05) is 25.1 Å². The molecule has 0 aromatic heterocycles.